The van der Waals surface area contributed by atoms with E-state index in [9.17, 15) is 0 Å². The summed E-state index contributed by atoms with van der Waals surface area (Å²) in [6, 6.07) is 0. The molecule has 0 aliphatic carbocycles. The Morgan fingerprint density at radius 1 is 1.25 bits per heavy atom. The van der Waals surface area contributed by atoms with Crippen molar-refractivity contribution in [2.24, 2.45) is 0 Å². The van der Waals surface area contributed by atoms with Gasteiger partial charge in [0, 0.05) is 52.0 Å². The molecule has 0 aromatic heterocycles. The Morgan fingerprint density at radius 2 is 1.25 bits per heavy atom. The van der Waals surface area contributed by atoms with Crippen LogP contribution >= 0.6 is 0 Å². The zero-order valence-corrected chi connectivity index (χ0v) is 11.6. The first kappa shape index (κ1) is 16.1. The van der Waals surface area contributed by atoms with Gasteiger partial charge in [0.15, 0.2) is 0 Å². The minimum atomic E-state index is 0. The second-order valence-electron chi connectivity index (χ2n) is 0. The van der Waals surface area contributed by atoms with Crippen LogP contribution in [0, 0.1) is 0 Å². The molecule has 0 bridgehead atoms. The molecule has 0 spiro atoms. The molecule has 0 heterocycles. The molecular formula is Hf2OZr. The molecule has 0 aliphatic heterocycles. The van der Waals surface area contributed by atoms with E-state index < -0.39 is 0 Å². The van der Waals surface area contributed by atoms with E-state index in [1.165, 1.54) is 0 Å². The first-order valence-electron chi connectivity index (χ1n) is 0.204. The molecule has 4 heteroatoms. The molecule has 0 saturated heterocycles. The van der Waals surface area contributed by atoms with Gasteiger partial charge in [-0.2, -0.15) is 0 Å². The fourth-order valence-corrected chi connectivity index (χ4v) is 0. The first-order chi connectivity index (χ1) is 1.00. The Balaban J connectivity index is -0.00000000500. The minimum absolute atomic E-state index is 0. The van der Waals surface area contributed by atoms with Crippen molar-refractivity contribution < 1.29 is 79.3 Å². The summed E-state index contributed by atoms with van der Waals surface area (Å²) in [5.74, 6) is 0. The van der Waals surface area contributed by atoms with Gasteiger partial charge in [0.25, 0.3) is 0 Å². The van der Waals surface area contributed by atoms with Crippen LogP contribution in [-0.4, -0.2) is 0 Å². The first-order valence-corrected chi connectivity index (χ1v) is 1.67. The Bertz CT molecular complexity index is 6.00. The molecule has 0 unspecified atom stereocenters. The zero-order valence-electron chi connectivity index (χ0n) is 1.91. The molecule has 0 N–H and O–H groups in total. The van der Waals surface area contributed by atoms with Gasteiger partial charge in [-0.15, -0.1) is 0 Å². The van der Waals surface area contributed by atoms with E-state index in [1.807, 2.05) is 0 Å². The summed E-state index contributed by atoms with van der Waals surface area (Å²) in [5, 5.41) is 0. The monoisotopic (exact) mass is 466 g/mol. The summed E-state index contributed by atoms with van der Waals surface area (Å²) < 4.78 is 8.39. The molecular weight excluding hydrogens is 464 g/mol. The normalized spacial score (nSPS) is 0.750. The molecule has 0 aliphatic rings. The Morgan fingerprint density at radius 3 is 1.25 bits per heavy atom. The van der Waals surface area contributed by atoms with E-state index in [0.717, 1.165) is 0 Å². The summed E-state index contributed by atoms with van der Waals surface area (Å²) in [4.78, 5) is 0. The molecule has 0 rings (SSSR count). The molecule has 0 aromatic carbocycles. The number of rotatable bonds is 0. The SMILES string of the molecule is [Hf].[O]=[Hf].[Zr]. The van der Waals surface area contributed by atoms with E-state index in [1.54, 1.807) is 0 Å². The largest absolute Gasteiger partial charge is 0 e. The fourth-order valence-electron chi connectivity index (χ4n) is 0. The smallest absolute Gasteiger partial charge is 0 e. The van der Waals surface area contributed by atoms with Crippen LogP contribution in [0.25, 0.3) is 0 Å². The Kier molecular flexibility index (Phi) is 72.8. The van der Waals surface area contributed by atoms with Crippen molar-refractivity contribution in [3.8, 4) is 0 Å². The summed E-state index contributed by atoms with van der Waals surface area (Å²) in [6.07, 6.45) is 0. The maximum Gasteiger partial charge on any atom is 0 e. The third-order valence-corrected chi connectivity index (χ3v) is 0. The molecule has 4 heavy (non-hydrogen) atoms. The van der Waals surface area contributed by atoms with Crippen LogP contribution in [0.3, 0.4) is 0 Å². The van der Waals surface area contributed by atoms with Crippen molar-refractivity contribution in [1.82, 2.24) is 0 Å². The standard InChI is InChI=1S/2Hf.O.Zr. The minimum Gasteiger partial charge on any atom is 0 e. The number of hydrogen-bond donors (Lipinski definition) is 0. The Hall–Kier alpha value is 2.42. The second-order valence-corrected chi connectivity index (χ2v) is 0. The average Bonchev–Trinajstić information content (AvgIpc) is 1.00. The van der Waals surface area contributed by atoms with Crippen molar-refractivity contribution in [3.63, 3.8) is 0 Å². The third-order valence-electron chi connectivity index (χ3n) is 0. The maximum absolute atomic E-state index is 8.39. The van der Waals surface area contributed by atoms with Gasteiger partial charge in [-0.05, 0) is 0 Å². The van der Waals surface area contributed by atoms with Gasteiger partial charge in [0.05, 0.1) is 0 Å². The molecule has 0 radical (unpaired) electrons. The molecule has 1 nitrogen and oxygen atoms in total. The van der Waals surface area contributed by atoms with E-state index in [-0.39, 0.29) is 76.4 Å². The third kappa shape index (κ3) is 8.83. The molecule has 0 aromatic rings. The Labute approximate surface area is 77.8 Å². The van der Waals surface area contributed by atoms with Gasteiger partial charge in [-0.3, -0.25) is 0 Å². The van der Waals surface area contributed by atoms with E-state index in [2.05, 4.69) is 0 Å². The van der Waals surface area contributed by atoms with Gasteiger partial charge in [-0.25, -0.2) is 0 Å². The van der Waals surface area contributed by atoms with Crippen LogP contribution in [0.4, 0.5) is 0 Å². The summed E-state index contributed by atoms with van der Waals surface area (Å²) in [6.45, 7) is 0. The molecule has 0 saturated carbocycles. The maximum atomic E-state index is 8.39. The van der Waals surface area contributed by atoms with Gasteiger partial charge in [0.2, 0.25) is 0 Å². The van der Waals surface area contributed by atoms with Crippen LogP contribution < -0.4 is 0 Å². The van der Waals surface area contributed by atoms with Crippen LogP contribution in [-0.2, 0) is 79.3 Å². The van der Waals surface area contributed by atoms with Crippen molar-refractivity contribution in [3.05, 3.63) is 0 Å². The van der Waals surface area contributed by atoms with Crippen LogP contribution in [0.15, 0.2) is 0 Å². The van der Waals surface area contributed by atoms with E-state index >= 15 is 0 Å². The van der Waals surface area contributed by atoms with E-state index in [0.29, 0.717) is 0 Å². The zero-order chi connectivity index (χ0) is 2.00. The van der Waals surface area contributed by atoms with Crippen molar-refractivity contribution in [2.45, 2.75) is 0 Å². The van der Waals surface area contributed by atoms with E-state index in [4.69, 9.17) is 2.85 Å². The van der Waals surface area contributed by atoms with Gasteiger partial charge in [0.1, 0.15) is 0 Å². The quantitative estimate of drug-likeness (QED) is 0.457. The van der Waals surface area contributed by atoms with Crippen LogP contribution in [0.2, 0.25) is 0 Å². The van der Waals surface area contributed by atoms with Crippen LogP contribution in [0.5, 0.6) is 0 Å². The average molecular weight is 464 g/mol. The second kappa shape index (κ2) is 18.1. The van der Waals surface area contributed by atoms with Crippen molar-refractivity contribution in [2.75, 3.05) is 0 Å². The topological polar surface area (TPSA) is 17.1 Å². The van der Waals surface area contributed by atoms with Gasteiger partial charge in [-0.1, -0.05) is 0 Å². The predicted molar refractivity (Wildman–Crippen MR) is 0.686 cm³/mol. The summed E-state index contributed by atoms with van der Waals surface area (Å²) >= 11 is 0.0556. The van der Waals surface area contributed by atoms with Gasteiger partial charge < -0.3 is 0 Å². The molecule has 0 atom stereocenters. The molecule has 0 amide bonds. The van der Waals surface area contributed by atoms with Crippen molar-refractivity contribution in [1.29, 1.82) is 0 Å². The summed E-state index contributed by atoms with van der Waals surface area (Å²) in [5.41, 5.74) is 0. The summed E-state index contributed by atoms with van der Waals surface area (Å²) in [7, 11) is 0. The molecule has 18 valence electrons. The van der Waals surface area contributed by atoms with Crippen molar-refractivity contribution >= 4 is 0 Å². The van der Waals surface area contributed by atoms with Gasteiger partial charge >= 0.3 is 27.2 Å². The molecule has 0 fully saturated rings. The predicted octanol–water partition coefficient (Wildman–Crippen LogP) is -0.126. The fraction of sp³-hybridized carbons (Fsp3) is 0. The number of hydrogen-bond acceptors (Lipinski definition) is 1. The van der Waals surface area contributed by atoms with Crippen LogP contribution in [0.1, 0.15) is 0 Å².